The summed E-state index contributed by atoms with van der Waals surface area (Å²) in [4.78, 5) is 24.1. The smallest absolute Gasteiger partial charge is 0.318 e. The van der Waals surface area contributed by atoms with Gasteiger partial charge < -0.3 is 10.3 Å². The van der Waals surface area contributed by atoms with Crippen LogP contribution in [-0.2, 0) is 4.79 Å². The Morgan fingerprint density at radius 2 is 2.42 bits per heavy atom. The molecule has 0 bridgehead atoms. The highest BCUT2D eigenvalue weighted by atomic mass is 16.5. The highest BCUT2D eigenvalue weighted by Gasteiger charge is 2.28. The van der Waals surface area contributed by atoms with Crippen LogP contribution in [0.5, 0.6) is 0 Å². The minimum atomic E-state index is -0.810. The molecule has 0 unspecified atom stereocenters. The van der Waals surface area contributed by atoms with Crippen LogP contribution in [0.15, 0.2) is 10.6 Å². The van der Waals surface area contributed by atoms with Gasteiger partial charge in [0, 0.05) is 19.0 Å². The van der Waals surface area contributed by atoms with E-state index in [0.29, 0.717) is 6.54 Å². The van der Waals surface area contributed by atoms with Crippen molar-refractivity contribution in [3.63, 3.8) is 0 Å². The number of aromatic nitrogens is 1. The van der Waals surface area contributed by atoms with Crippen LogP contribution in [0.25, 0.3) is 0 Å². The summed E-state index contributed by atoms with van der Waals surface area (Å²) in [6.45, 7) is 3.35. The van der Waals surface area contributed by atoms with E-state index < -0.39 is 6.03 Å². The van der Waals surface area contributed by atoms with Crippen LogP contribution < -0.4 is 11.1 Å². The maximum atomic E-state index is 11.4. The topological polar surface area (TPSA) is 101 Å². The Kier molecular flexibility index (Phi) is 4.16. The van der Waals surface area contributed by atoms with Gasteiger partial charge in [-0.2, -0.15) is 0 Å². The molecule has 1 aromatic heterocycles. The molecule has 2 rings (SSSR count). The number of urea groups is 1. The maximum absolute atomic E-state index is 11.4. The number of hydrogen-bond acceptors (Lipinski definition) is 5. The quantitative estimate of drug-likeness (QED) is 0.835. The van der Waals surface area contributed by atoms with E-state index >= 15 is 0 Å². The molecule has 104 valence electrons. The van der Waals surface area contributed by atoms with Crippen molar-refractivity contribution in [2.45, 2.75) is 32.2 Å². The van der Waals surface area contributed by atoms with Crippen LogP contribution in [0.2, 0.25) is 0 Å². The van der Waals surface area contributed by atoms with Crippen molar-refractivity contribution in [2.24, 2.45) is 5.73 Å². The fourth-order valence-electron chi connectivity index (χ4n) is 2.42. The molecule has 7 heteroatoms. The zero-order valence-electron chi connectivity index (χ0n) is 10.9. The summed E-state index contributed by atoms with van der Waals surface area (Å²) in [6.07, 6.45) is 2.31. The van der Waals surface area contributed by atoms with Crippen molar-refractivity contribution in [2.75, 3.05) is 13.1 Å². The van der Waals surface area contributed by atoms with E-state index in [4.69, 9.17) is 10.3 Å². The van der Waals surface area contributed by atoms with E-state index in [-0.39, 0.29) is 18.4 Å². The number of likely N-dealkylation sites (tertiary alicyclic amines) is 1. The molecule has 19 heavy (non-hydrogen) atoms. The third kappa shape index (κ3) is 3.54. The number of nitrogens with one attached hydrogen (secondary N) is 1. The molecule has 1 atom stereocenters. The second kappa shape index (κ2) is 5.83. The molecule has 0 saturated carbocycles. The van der Waals surface area contributed by atoms with Crippen LogP contribution in [0.1, 0.15) is 36.8 Å². The highest BCUT2D eigenvalue weighted by Crippen LogP contribution is 2.31. The lowest BCUT2D eigenvalue weighted by Gasteiger charge is -2.21. The molecule has 3 amide bonds. The molecular weight excluding hydrogens is 248 g/mol. The summed E-state index contributed by atoms with van der Waals surface area (Å²) in [5.41, 5.74) is 5.80. The summed E-state index contributed by atoms with van der Waals surface area (Å²) in [7, 11) is 0. The summed E-state index contributed by atoms with van der Waals surface area (Å²) in [6, 6.07) is 1.31. The number of aryl methyl sites for hydroxylation is 1. The molecule has 1 aliphatic rings. The lowest BCUT2D eigenvalue weighted by molar-refractivity contribution is -0.120. The van der Waals surface area contributed by atoms with Crippen molar-refractivity contribution in [1.29, 1.82) is 0 Å². The van der Waals surface area contributed by atoms with Gasteiger partial charge in [-0.05, 0) is 26.3 Å². The first-order valence-corrected chi connectivity index (χ1v) is 6.33. The van der Waals surface area contributed by atoms with Crippen LogP contribution in [0.3, 0.4) is 0 Å². The molecule has 1 saturated heterocycles. The first kappa shape index (κ1) is 13.5. The Morgan fingerprint density at radius 1 is 1.63 bits per heavy atom. The molecule has 0 aliphatic carbocycles. The zero-order chi connectivity index (χ0) is 13.8. The van der Waals surface area contributed by atoms with Crippen LogP contribution in [-0.4, -0.2) is 35.1 Å². The fraction of sp³-hybridized carbons (Fsp3) is 0.583. The van der Waals surface area contributed by atoms with Gasteiger partial charge in [0.15, 0.2) is 0 Å². The monoisotopic (exact) mass is 266 g/mol. The predicted molar refractivity (Wildman–Crippen MR) is 67.1 cm³/mol. The van der Waals surface area contributed by atoms with Crippen molar-refractivity contribution in [3.8, 4) is 0 Å². The van der Waals surface area contributed by atoms with Gasteiger partial charge in [-0.15, -0.1) is 0 Å². The molecular formula is C12H18N4O3. The number of imide groups is 1. The molecule has 3 N–H and O–H groups in total. The van der Waals surface area contributed by atoms with Crippen molar-refractivity contribution >= 4 is 11.9 Å². The third-order valence-corrected chi connectivity index (χ3v) is 3.24. The SMILES string of the molecule is Cc1cc([C@@H]2CCCN2CCC(=O)NC(N)=O)no1. The van der Waals surface area contributed by atoms with E-state index in [1.807, 2.05) is 13.0 Å². The summed E-state index contributed by atoms with van der Waals surface area (Å²) < 4.78 is 5.09. The molecule has 1 aromatic rings. The second-order valence-corrected chi connectivity index (χ2v) is 4.72. The lowest BCUT2D eigenvalue weighted by atomic mass is 10.1. The molecule has 1 aliphatic heterocycles. The van der Waals surface area contributed by atoms with Crippen LogP contribution >= 0.6 is 0 Å². The Hall–Kier alpha value is -1.89. The van der Waals surface area contributed by atoms with E-state index in [1.54, 1.807) is 0 Å². The lowest BCUT2D eigenvalue weighted by Crippen LogP contribution is -2.37. The van der Waals surface area contributed by atoms with E-state index in [9.17, 15) is 9.59 Å². The average Bonchev–Trinajstić information content (AvgIpc) is 2.93. The molecule has 0 aromatic carbocycles. The van der Waals surface area contributed by atoms with Gasteiger partial charge in [0.25, 0.3) is 0 Å². The molecule has 7 nitrogen and oxygen atoms in total. The standard InChI is InChI=1S/C12H18N4O3/c1-8-7-9(15-19-8)10-3-2-5-16(10)6-4-11(17)14-12(13)18/h7,10H,2-6H2,1H3,(H3,13,14,17,18)/t10-/m0/s1. The first-order valence-electron chi connectivity index (χ1n) is 6.33. The zero-order valence-corrected chi connectivity index (χ0v) is 10.9. The Bertz CT molecular complexity index is 471. The van der Waals surface area contributed by atoms with Gasteiger partial charge in [-0.25, -0.2) is 4.79 Å². The number of amides is 3. The number of rotatable bonds is 4. The maximum Gasteiger partial charge on any atom is 0.318 e. The minimum absolute atomic E-state index is 0.193. The van der Waals surface area contributed by atoms with Crippen LogP contribution in [0, 0.1) is 6.92 Å². The van der Waals surface area contributed by atoms with Gasteiger partial charge in [-0.3, -0.25) is 15.0 Å². The molecule has 0 radical (unpaired) electrons. The highest BCUT2D eigenvalue weighted by molar-refractivity contribution is 5.93. The summed E-state index contributed by atoms with van der Waals surface area (Å²) >= 11 is 0. The van der Waals surface area contributed by atoms with Gasteiger partial charge in [0.2, 0.25) is 5.91 Å². The molecule has 0 spiro atoms. The van der Waals surface area contributed by atoms with Crippen molar-refractivity contribution in [3.05, 3.63) is 17.5 Å². The number of nitrogens with two attached hydrogens (primary N) is 1. The number of carbonyl (C=O) groups is 2. The van der Waals surface area contributed by atoms with E-state index in [1.165, 1.54) is 0 Å². The number of nitrogens with zero attached hydrogens (tertiary/aromatic N) is 2. The Labute approximate surface area is 111 Å². The fourth-order valence-corrected chi connectivity index (χ4v) is 2.42. The number of primary amides is 1. The van der Waals surface area contributed by atoms with Gasteiger partial charge >= 0.3 is 6.03 Å². The van der Waals surface area contributed by atoms with Gasteiger partial charge in [0.1, 0.15) is 11.5 Å². The second-order valence-electron chi connectivity index (χ2n) is 4.72. The Balaban J connectivity index is 1.89. The first-order chi connectivity index (χ1) is 9.06. The van der Waals surface area contributed by atoms with E-state index in [2.05, 4.69) is 15.4 Å². The Morgan fingerprint density at radius 3 is 3.05 bits per heavy atom. The third-order valence-electron chi connectivity index (χ3n) is 3.24. The molecule has 1 fully saturated rings. The summed E-state index contributed by atoms with van der Waals surface area (Å²) in [5, 5.41) is 6.10. The predicted octanol–water partition coefficient (Wildman–Crippen LogP) is 0.705. The van der Waals surface area contributed by atoms with Crippen LogP contribution in [0.4, 0.5) is 4.79 Å². The van der Waals surface area contributed by atoms with Gasteiger partial charge in [-0.1, -0.05) is 5.16 Å². The normalized spacial score (nSPS) is 19.5. The van der Waals surface area contributed by atoms with Crippen molar-refractivity contribution in [1.82, 2.24) is 15.4 Å². The van der Waals surface area contributed by atoms with Crippen molar-refractivity contribution < 1.29 is 14.1 Å². The minimum Gasteiger partial charge on any atom is -0.361 e. The molecule has 2 heterocycles. The number of carbonyl (C=O) groups excluding carboxylic acids is 2. The average molecular weight is 266 g/mol. The van der Waals surface area contributed by atoms with E-state index in [0.717, 1.165) is 30.8 Å². The largest absolute Gasteiger partial charge is 0.361 e. The summed E-state index contributed by atoms with van der Waals surface area (Å²) in [5.74, 6) is 0.433. The van der Waals surface area contributed by atoms with Gasteiger partial charge in [0.05, 0.1) is 6.04 Å². The number of hydrogen-bond donors (Lipinski definition) is 2.